The predicted molar refractivity (Wildman–Crippen MR) is 69.3 cm³/mol. The third-order valence-electron chi connectivity index (χ3n) is 3.36. The van der Waals surface area contributed by atoms with Gasteiger partial charge < -0.3 is 5.32 Å². The van der Waals surface area contributed by atoms with E-state index in [-0.39, 0.29) is 0 Å². The minimum atomic E-state index is 0.641. The molecule has 0 aromatic rings. The second-order valence-electron chi connectivity index (χ2n) is 4.73. The van der Waals surface area contributed by atoms with E-state index < -0.39 is 0 Å². The second kappa shape index (κ2) is 8.12. The van der Waals surface area contributed by atoms with Crippen LogP contribution in [-0.2, 0) is 0 Å². The van der Waals surface area contributed by atoms with Crippen LogP contribution in [0.5, 0.6) is 0 Å². The van der Waals surface area contributed by atoms with Crippen molar-refractivity contribution in [1.29, 1.82) is 0 Å². The molecule has 1 N–H and O–H groups in total. The Labute approximate surface area is 96.4 Å². The smallest absolute Gasteiger partial charge is 0.0220 e. The van der Waals surface area contributed by atoms with Gasteiger partial charge in [-0.05, 0) is 32.9 Å². The molecule has 0 radical (unpaired) electrons. The highest BCUT2D eigenvalue weighted by Crippen LogP contribution is 2.10. The summed E-state index contributed by atoms with van der Waals surface area (Å²) in [6.45, 7) is 17.0. The van der Waals surface area contributed by atoms with Crippen molar-refractivity contribution in [2.75, 3.05) is 19.6 Å². The van der Waals surface area contributed by atoms with Gasteiger partial charge in [0.05, 0.1) is 0 Å². The normalized spacial score (nSPS) is 16.0. The van der Waals surface area contributed by atoms with E-state index in [1.807, 2.05) is 0 Å². The van der Waals surface area contributed by atoms with Gasteiger partial charge in [-0.2, -0.15) is 0 Å². The SMILES string of the molecule is CCNC(CN(CC)C(C)C)C(C)CC. The highest BCUT2D eigenvalue weighted by atomic mass is 15.2. The maximum atomic E-state index is 3.61. The Hall–Kier alpha value is -0.0800. The third kappa shape index (κ3) is 5.53. The average molecular weight is 214 g/mol. The van der Waals surface area contributed by atoms with Crippen LogP contribution in [0.25, 0.3) is 0 Å². The highest BCUT2D eigenvalue weighted by molar-refractivity contribution is 4.77. The fraction of sp³-hybridized carbons (Fsp3) is 1.00. The number of hydrogen-bond donors (Lipinski definition) is 1. The van der Waals surface area contributed by atoms with Crippen LogP contribution in [0.4, 0.5) is 0 Å². The van der Waals surface area contributed by atoms with Gasteiger partial charge in [0.25, 0.3) is 0 Å². The molecule has 0 fully saturated rings. The summed E-state index contributed by atoms with van der Waals surface area (Å²) in [6, 6.07) is 1.29. The van der Waals surface area contributed by atoms with E-state index >= 15 is 0 Å². The van der Waals surface area contributed by atoms with Crippen molar-refractivity contribution < 1.29 is 0 Å². The van der Waals surface area contributed by atoms with Gasteiger partial charge in [0.15, 0.2) is 0 Å². The lowest BCUT2D eigenvalue weighted by Crippen LogP contribution is -2.46. The van der Waals surface area contributed by atoms with Crippen LogP contribution in [0.1, 0.15) is 48.0 Å². The zero-order valence-corrected chi connectivity index (χ0v) is 11.5. The number of nitrogens with zero attached hydrogens (tertiary/aromatic N) is 1. The molecule has 0 bridgehead atoms. The van der Waals surface area contributed by atoms with Crippen LogP contribution in [-0.4, -0.2) is 36.6 Å². The van der Waals surface area contributed by atoms with Crippen molar-refractivity contribution in [3.05, 3.63) is 0 Å². The molecule has 15 heavy (non-hydrogen) atoms. The van der Waals surface area contributed by atoms with Crippen molar-refractivity contribution in [3.8, 4) is 0 Å². The largest absolute Gasteiger partial charge is 0.313 e. The summed E-state index contributed by atoms with van der Waals surface area (Å²) in [5.41, 5.74) is 0. The van der Waals surface area contributed by atoms with E-state index in [2.05, 4.69) is 51.8 Å². The van der Waals surface area contributed by atoms with Crippen molar-refractivity contribution in [1.82, 2.24) is 10.2 Å². The first-order valence-corrected chi connectivity index (χ1v) is 6.54. The molecule has 0 aliphatic carbocycles. The number of hydrogen-bond acceptors (Lipinski definition) is 2. The van der Waals surface area contributed by atoms with Gasteiger partial charge in [0, 0.05) is 18.6 Å². The molecule has 2 nitrogen and oxygen atoms in total. The molecule has 0 aliphatic rings. The Morgan fingerprint density at radius 1 is 1.07 bits per heavy atom. The maximum absolute atomic E-state index is 3.61. The first kappa shape index (κ1) is 14.9. The Morgan fingerprint density at radius 2 is 1.67 bits per heavy atom. The molecule has 0 amide bonds. The molecule has 0 aromatic carbocycles. The van der Waals surface area contributed by atoms with Gasteiger partial charge in [0.1, 0.15) is 0 Å². The molecule has 2 atom stereocenters. The summed E-state index contributed by atoms with van der Waals surface area (Å²) in [5, 5.41) is 3.61. The van der Waals surface area contributed by atoms with Crippen molar-refractivity contribution in [2.45, 2.75) is 60.0 Å². The monoisotopic (exact) mass is 214 g/mol. The molecular weight excluding hydrogens is 184 g/mol. The lowest BCUT2D eigenvalue weighted by atomic mass is 9.98. The lowest BCUT2D eigenvalue weighted by molar-refractivity contribution is 0.183. The standard InChI is InChI=1S/C13H30N2/c1-7-12(6)13(14-8-2)10-15(9-3)11(4)5/h11-14H,7-10H2,1-6H3. The maximum Gasteiger partial charge on any atom is 0.0220 e. The lowest BCUT2D eigenvalue weighted by Gasteiger charge is -2.32. The van der Waals surface area contributed by atoms with Crippen molar-refractivity contribution >= 4 is 0 Å². The van der Waals surface area contributed by atoms with E-state index in [1.54, 1.807) is 0 Å². The van der Waals surface area contributed by atoms with E-state index in [9.17, 15) is 0 Å². The van der Waals surface area contributed by atoms with E-state index in [0.717, 1.165) is 19.0 Å². The second-order valence-corrected chi connectivity index (χ2v) is 4.73. The molecule has 0 aliphatic heterocycles. The molecule has 0 rings (SSSR count). The Morgan fingerprint density at radius 3 is 2.00 bits per heavy atom. The first-order valence-electron chi connectivity index (χ1n) is 6.54. The van der Waals surface area contributed by atoms with Gasteiger partial charge in [-0.15, -0.1) is 0 Å². The molecule has 0 saturated heterocycles. The summed E-state index contributed by atoms with van der Waals surface area (Å²) < 4.78 is 0. The van der Waals surface area contributed by atoms with E-state index in [4.69, 9.17) is 0 Å². The van der Waals surface area contributed by atoms with Crippen molar-refractivity contribution in [3.63, 3.8) is 0 Å². The number of likely N-dealkylation sites (N-methyl/N-ethyl adjacent to an activating group) is 2. The van der Waals surface area contributed by atoms with Crippen LogP contribution < -0.4 is 5.32 Å². The van der Waals surface area contributed by atoms with Crippen LogP contribution in [0.2, 0.25) is 0 Å². The molecule has 2 heteroatoms. The zero-order valence-electron chi connectivity index (χ0n) is 11.5. The molecular formula is C13H30N2. The zero-order chi connectivity index (χ0) is 11.8. The van der Waals surface area contributed by atoms with Crippen molar-refractivity contribution in [2.24, 2.45) is 5.92 Å². The third-order valence-corrected chi connectivity index (χ3v) is 3.36. The van der Waals surface area contributed by atoms with E-state index in [1.165, 1.54) is 13.0 Å². The molecule has 2 unspecified atom stereocenters. The summed E-state index contributed by atoms with van der Waals surface area (Å²) in [5.74, 6) is 0.762. The van der Waals surface area contributed by atoms with E-state index in [0.29, 0.717) is 12.1 Å². The Balaban J connectivity index is 4.24. The molecule has 0 heterocycles. The topological polar surface area (TPSA) is 15.3 Å². The molecule has 0 saturated carbocycles. The number of nitrogens with one attached hydrogen (secondary N) is 1. The first-order chi connectivity index (χ1) is 7.06. The predicted octanol–water partition coefficient (Wildman–Crippen LogP) is 2.74. The summed E-state index contributed by atoms with van der Waals surface area (Å²) >= 11 is 0. The fourth-order valence-electron chi connectivity index (χ4n) is 1.95. The minimum absolute atomic E-state index is 0.641. The van der Waals surface area contributed by atoms with Crippen LogP contribution in [0.15, 0.2) is 0 Å². The highest BCUT2D eigenvalue weighted by Gasteiger charge is 2.18. The van der Waals surface area contributed by atoms with Gasteiger partial charge in [-0.1, -0.05) is 34.1 Å². The quantitative estimate of drug-likeness (QED) is 0.668. The Kier molecular flexibility index (Phi) is 8.07. The van der Waals surface area contributed by atoms with Crippen LogP contribution in [0.3, 0.4) is 0 Å². The average Bonchev–Trinajstić information content (AvgIpc) is 2.22. The summed E-state index contributed by atoms with van der Waals surface area (Å²) in [7, 11) is 0. The summed E-state index contributed by atoms with van der Waals surface area (Å²) in [6.07, 6.45) is 1.26. The summed E-state index contributed by atoms with van der Waals surface area (Å²) in [4.78, 5) is 2.54. The van der Waals surface area contributed by atoms with Crippen LogP contribution in [0, 0.1) is 5.92 Å². The minimum Gasteiger partial charge on any atom is -0.313 e. The van der Waals surface area contributed by atoms with Gasteiger partial charge >= 0.3 is 0 Å². The van der Waals surface area contributed by atoms with Gasteiger partial charge in [0.2, 0.25) is 0 Å². The molecule has 92 valence electrons. The van der Waals surface area contributed by atoms with Crippen LogP contribution >= 0.6 is 0 Å². The molecule has 0 aromatic heterocycles. The molecule has 0 spiro atoms. The Bertz CT molecular complexity index is 145. The number of rotatable bonds is 8. The fourth-order valence-corrected chi connectivity index (χ4v) is 1.95. The van der Waals surface area contributed by atoms with Gasteiger partial charge in [-0.25, -0.2) is 0 Å². The van der Waals surface area contributed by atoms with Gasteiger partial charge in [-0.3, -0.25) is 4.90 Å².